The van der Waals surface area contributed by atoms with Crippen molar-refractivity contribution in [2.45, 2.75) is 0 Å². The molecule has 0 radical (unpaired) electrons. The van der Waals surface area contributed by atoms with Crippen molar-refractivity contribution in [3.8, 4) is 17.6 Å². The normalized spacial score (nSPS) is 14.8. The van der Waals surface area contributed by atoms with Gasteiger partial charge in [-0.2, -0.15) is 5.26 Å². The summed E-state index contributed by atoms with van der Waals surface area (Å²) in [5, 5.41) is 20.5. The van der Waals surface area contributed by atoms with Crippen LogP contribution in [0.1, 0.15) is 11.1 Å². The molecule has 29 heavy (non-hydrogen) atoms. The van der Waals surface area contributed by atoms with Gasteiger partial charge in [0.15, 0.2) is 11.5 Å². The number of hydrogen-bond donors (Lipinski definition) is 2. The van der Waals surface area contributed by atoms with Crippen molar-refractivity contribution in [2.24, 2.45) is 0 Å². The highest BCUT2D eigenvalue weighted by molar-refractivity contribution is 8.18. The van der Waals surface area contributed by atoms with E-state index in [1.54, 1.807) is 30.3 Å². The molecule has 2 N–H and O–H groups in total. The number of thioether (sulfide) groups is 1. The smallest absolute Gasteiger partial charge is 0.294 e. The predicted octanol–water partition coefficient (Wildman–Crippen LogP) is 2.95. The van der Waals surface area contributed by atoms with Crippen LogP contribution >= 0.6 is 11.8 Å². The van der Waals surface area contributed by atoms with Crippen LogP contribution in [0.4, 0.5) is 10.5 Å². The van der Waals surface area contributed by atoms with Crippen LogP contribution in [-0.4, -0.2) is 40.7 Å². The van der Waals surface area contributed by atoms with Crippen molar-refractivity contribution in [1.82, 2.24) is 4.90 Å². The van der Waals surface area contributed by atoms with Crippen molar-refractivity contribution >= 4 is 40.6 Å². The predicted molar refractivity (Wildman–Crippen MR) is 107 cm³/mol. The van der Waals surface area contributed by atoms with Crippen LogP contribution in [0.15, 0.2) is 47.4 Å². The second-order valence-corrected chi connectivity index (χ2v) is 6.93. The summed E-state index contributed by atoms with van der Waals surface area (Å²) in [5.41, 5.74) is 1.46. The minimum Gasteiger partial charge on any atom is -0.504 e. The Morgan fingerprint density at radius 2 is 2.00 bits per heavy atom. The first-order valence-corrected chi connectivity index (χ1v) is 9.15. The number of carbonyl (C=O) groups is 3. The van der Waals surface area contributed by atoms with Gasteiger partial charge in [0, 0.05) is 5.69 Å². The van der Waals surface area contributed by atoms with Crippen LogP contribution < -0.4 is 10.1 Å². The largest absolute Gasteiger partial charge is 0.504 e. The Bertz CT molecular complexity index is 1060. The lowest BCUT2D eigenvalue weighted by Crippen LogP contribution is -2.36. The van der Waals surface area contributed by atoms with Gasteiger partial charge in [-0.15, -0.1) is 0 Å². The number of ether oxygens (including phenoxy) is 1. The number of hydrogen-bond acceptors (Lipinski definition) is 7. The van der Waals surface area contributed by atoms with E-state index in [1.807, 2.05) is 6.07 Å². The van der Waals surface area contributed by atoms with E-state index >= 15 is 0 Å². The number of amides is 3. The molecule has 1 heterocycles. The second-order valence-electron chi connectivity index (χ2n) is 5.94. The molecule has 2 aromatic rings. The Kier molecular flexibility index (Phi) is 5.85. The van der Waals surface area contributed by atoms with Crippen LogP contribution in [0, 0.1) is 11.3 Å². The third kappa shape index (κ3) is 4.56. The molecule has 0 atom stereocenters. The number of nitrogens with one attached hydrogen (secondary N) is 1. The number of anilines is 1. The summed E-state index contributed by atoms with van der Waals surface area (Å²) >= 11 is 0.727. The van der Waals surface area contributed by atoms with Gasteiger partial charge in [0.25, 0.3) is 11.1 Å². The van der Waals surface area contributed by atoms with Crippen LogP contribution in [0.5, 0.6) is 11.5 Å². The van der Waals surface area contributed by atoms with Gasteiger partial charge in [0.1, 0.15) is 6.54 Å². The van der Waals surface area contributed by atoms with Gasteiger partial charge in [-0.25, -0.2) is 0 Å². The third-order valence-corrected chi connectivity index (χ3v) is 4.88. The Morgan fingerprint density at radius 1 is 1.28 bits per heavy atom. The highest BCUT2D eigenvalue weighted by atomic mass is 32.2. The fourth-order valence-electron chi connectivity index (χ4n) is 2.54. The Morgan fingerprint density at radius 3 is 2.66 bits per heavy atom. The average Bonchev–Trinajstić information content (AvgIpc) is 2.97. The average molecular weight is 409 g/mol. The van der Waals surface area contributed by atoms with Gasteiger partial charge in [-0.3, -0.25) is 19.3 Å². The molecule has 8 nitrogen and oxygen atoms in total. The minimum absolute atomic E-state index is 0.0442. The molecule has 2 aromatic carbocycles. The summed E-state index contributed by atoms with van der Waals surface area (Å²) < 4.78 is 5.02. The van der Waals surface area contributed by atoms with Crippen molar-refractivity contribution in [1.29, 1.82) is 5.26 Å². The number of rotatable bonds is 5. The molecule has 1 saturated heterocycles. The first kappa shape index (κ1) is 20.0. The lowest BCUT2D eigenvalue weighted by molar-refractivity contribution is -0.127. The molecular formula is C20H15N3O5S. The van der Waals surface area contributed by atoms with Crippen LogP contribution in [0.2, 0.25) is 0 Å². The number of nitriles is 1. The number of imide groups is 1. The van der Waals surface area contributed by atoms with Crippen molar-refractivity contribution in [2.75, 3.05) is 19.0 Å². The lowest BCUT2D eigenvalue weighted by Gasteiger charge is -2.12. The molecule has 1 aliphatic heterocycles. The Labute approximate surface area is 170 Å². The van der Waals surface area contributed by atoms with Gasteiger partial charge in [0.05, 0.1) is 23.6 Å². The standard InChI is InChI=1S/C20H15N3O5S/c1-28-16-8-13(4-7-15(16)24)9-17-19(26)23(20(27)29-17)11-18(25)22-14-5-2-12(10-21)3-6-14/h2-9,24H,11H2,1H3,(H,22,25)/b17-9-. The van der Waals surface area contributed by atoms with Crippen molar-refractivity contribution in [3.05, 3.63) is 58.5 Å². The maximum atomic E-state index is 12.5. The zero-order valence-electron chi connectivity index (χ0n) is 15.2. The van der Waals surface area contributed by atoms with E-state index in [0.29, 0.717) is 16.8 Å². The first-order chi connectivity index (χ1) is 13.9. The number of methoxy groups -OCH3 is 1. The zero-order chi connectivity index (χ0) is 21.0. The third-order valence-electron chi connectivity index (χ3n) is 3.97. The number of benzene rings is 2. The van der Waals surface area contributed by atoms with Gasteiger partial charge < -0.3 is 15.2 Å². The SMILES string of the molecule is COc1cc(/C=C2\SC(=O)N(CC(=O)Nc3ccc(C#N)cc3)C2=O)ccc1O. The number of carbonyl (C=O) groups excluding carboxylic acids is 3. The Balaban J connectivity index is 1.69. The van der Waals surface area contributed by atoms with Crippen LogP contribution in [0.25, 0.3) is 6.08 Å². The fraction of sp³-hybridized carbons (Fsp3) is 0.100. The summed E-state index contributed by atoms with van der Waals surface area (Å²) in [6.45, 7) is -0.430. The minimum atomic E-state index is -0.581. The van der Waals surface area contributed by atoms with Gasteiger partial charge in [-0.1, -0.05) is 6.07 Å². The lowest BCUT2D eigenvalue weighted by atomic mass is 10.2. The van der Waals surface area contributed by atoms with Gasteiger partial charge >= 0.3 is 0 Å². The van der Waals surface area contributed by atoms with Gasteiger partial charge in [0.2, 0.25) is 5.91 Å². The summed E-state index contributed by atoms with van der Waals surface area (Å²) in [6.07, 6.45) is 1.49. The monoisotopic (exact) mass is 409 g/mol. The molecule has 0 unspecified atom stereocenters. The zero-order valence-corrected chi connectivity index (χ0v) is 16.0. The number of nitrogens with zero attached hydrogens (tertiary/aromatic N) is 2. The van der Waals surface area contributed by atoms with Crippen LogP contribution in [-0.2, 0) is 9.59 Å². The van der Waals surface area contributed by atoms with E-state index in [4.69, 9.17) is 10.00 Å². The molecular weight excluding hydrogens is 394 g/mol. The van der Waals surface area contributed by atoms with E-state index in [1.165, 1.54) is 25.3 Å². The first-order valence-electron chi connectivity index (χ1n) is 8.33. The molecule has 1 aliphatic rings. The van der Waals surface area contributed by atoms with E-state index in [0.717, 1.165) is 16.7 Å². The number of phenolic OH excluding ortho intramolecular Hbond substituents is 1. The summed E-state index contributed by atoms with van der Waals surface area (Å²) in [6, 6.07) is 12.7. The number of phenols is 1. The molecule has 0 spiro atoms. The molecule has 146 valence electrons. The van der Waals surface area contributed by atoms with E-state index in [9.17, 15) is 19.5 Å². The fourth-order valence-corrected chi connectivity index (χ4v) is 3.38. The summed E-state index contributed by atoms with van der Waals surface area (Å²) in [7, 11) is 1.40. The van der Waals surface area contributed by atoms with Crippen molar-refractivity contribution < 1.29 is 24.2 Å². The molecule has 3 rings (SSSR count). The van der Waals surface area contributed by atoms with E-state index in [2.05, 4.69) is 5.32 Å². The summed E-state index contributed by atoms with van der Waals surface area (Å²) in [5.74, 6) is -0.927. The molecule has 0 bridgehead atoms. The molecule has 0 saturated carbocycles. The molecule has 1 fully saturated rings. The molecule has 3 amide bonds. The summed E-state index contributed by atoms with van der Waals surface area (Å²) in [4.78, 5) is 37.9. The van der Waals surface area contributed by atoms with Crippen molar-refractivity contribution in [3.63, 3.8) is 0 Å². The molecule has 9 heteroatoms. The maximum absolute atomic E-state index is 12.5. The molecule has 0 aromatic heterocycles. The van der Waals surface area contributed by atoms with E-state index < -0.39 is 23.6 Å². The highest BCUT2D eigenvalue weighted by Gasteiger charge is 2.36. The maximum Gasteiger partial charge on any atom is 0.294 e. The van der Waals surface area contributed by atoms with Gasteiger partial charge in [-0.05, 0) is 59.8 Å². The topological polar surface area (TPSA) is 120 Å². The second kappa shape index (κ2) is 8.50. The molecule has 0 aliphatic carbocycles. The van der Waals surface area contributed by atoms with Crippen LogP contribution in [0.3, 0.4) is 0 Å². The van der Waals surface area contributed by atoms with E-state index in [-0.39, 0.29) is 16.4 Å². The quantitative estimate of drug-likeness (QED) is 0.729. The Hall–Kier alpha value is -3.77. The number of aromatic hydroxyl groups is 1. The highest BCUT2D eigenvalue weighted by Crippen LogP contribution is 2.34.